The van der Waals surface area contributed by atoms with Crippen molar-refractivity contribution in [2.45, 2.75) is 11.4 Å². The summed E-state index contributed by atoms with van der Waals surface area (Å²) in [7, 11) is 0.674. The first-order valence-corrected chi connectivity index (χ1v) is 9.17. The van der Waals surface area contributed by atoms with Gasteiger partial charge in [-0.25, -0.2) is 17.1 Å². The summed E-state index contributed by atoms with van der Waals surface area (Å²) in [6, 6.07) is 10.0. The van der Waals surface area contributed by atoms with Crippen LogP contribution < -0.4 is 0 Å². The van der Waals surface area contributed by atoms with Crippen molar-refractivity contribution < 1.29 is 17.6 Å². The third-order valence-electron chi connectivity index (χ3n) is 3.66. The van der Waals surface area contributed by atoms with Crippen LogP contribution in [0.4, 0.5) is 4.39 Å². The van der Waals surface area contributed by atoms with Crippen LogP contribution in [0.5, 0.6) is 0 Å². The molecule has 0 fully saturated rings. The average Bonchev–Trinajstić information content (AvgIpc) is 2.57. The van der Waals surface area contributed by atoms with Crippen molar-refractivity contribution in [2.75, 3.05) is 21.1 Å². The average molecular weight is 385 g/mol. The Morgan fingerprint density at radius 3 is 2.36 bits per heavy atom. The van der Waals surface area contributed by atoms with Crippen LogP contribution in [0.1, 0.15) is 15.9 Å². The third kappa shape index (κ3) is 4.18. The van der Waals surface area contributed by atoms with Gasteiger partial charge in [-0.15, -0.1) is 0 Å². The standard InChI is InChI=1S/C17H18ClFN2O3S/c1-20(2)25(23,24)13-7-4-6-12(10-13)17(22)21(3)11-14-15(18)8-5-9-16(14)19/h4-10H,11H2,1-3H3. The van der Waals surface area contributed by atoms with Crippen LogP contribution in [-0.4, -0.2) is 44.7 Å². The quantitative estimate of drug-likeness (QED) is 0.796. The van der Waals surface area contributed by atoms with E-state index in [0.717, 1.165) is 4.31 Å². The van der Waals surface area contributed by atoms with E-state index in [9.17, 15) is 17.6 Å². The Kier molecular flexibility index (Phi) is 5.82. The summed E-state index contributed by atoms with van der Waals surface area (Å²) < 4.78 is 39.3. The number of carbonyl (C=O) groups excluding carboxylic acids is 1. The third-order valence-corrected chi connectivity index (χ3v) is 5.83. The number of nitrogens with zero attached hydrogens (tertiary/aromatic N) is 2. The molecule has 0 saturated carbocycles. The lowest BCUT2D eigenvalue weighted by Gasteiger charge is -2.19. The fraction of sp³-hybridized carbons (Fsp3) is 0.235. The Morgan fingerprint density at radius 1 is 1.12 bits per heavy atom. The minimum absolute atomic E-state index is 0.0145. The summed E-state index contributed by atoms with van der Waals surface area (Å²) in [6.07, 6.45) is 0. The van der Waals surface area contributed by atoms with E-state index in [1.807, 2.05) is 0 Å². The normalized spacial score (nSPS) is 11.6. The molecule has 2 aromatic rings. The number of hydrogen-bond acceptors (Lipinski definition) is 3. The fourth-order valence-electron chi connectivity index (χ4n) is 2.21. The van der Waals surface area contributed by atoms with Crippen LogP contribution in [0, 0.1) is 5.82 Å². The van der Waals surface area contributed by atoms with E-state index in [1.54, 1.807) is 6.07 Å². The summed E-state index contributed by atoms with van der Waals surface area (Å²) >= 11 is 5.98. The molecule has 5 nitrogen and oxygen atoms in total. The molecule has 0 saturated heterocycles. The Labute approximate surface area is 151 Å². The summed E-state index contributed by atoms with van der Waals surface area (Å²) in [4.78, 5) is 13.9. The summed E-state index contributed by atoms with van der Waals surface area (Å²) in [6.45, 7) is -0.0327. The second-order valence-corrected chi connectivity index (χ2v) is 8.24. The lowest BCUT2D eigenvalue weighted by molar-refractivity contribution is 0.0783. The first-order chi connectivity index (χ1) is 11.6. The largest absolute Gasteiger partial charge is 0.337 e. The second kappa shape index (κ2) is 7.51. The lowest BCUT2D eigenvalue weighted by Crippen LogP contribution is -2.27. The van der Waals surface area contributed by atoms with Gasteiger partial charge in [0.2, 0.25) is 10.0 Å². The van der Waals surface area contributed by atoms with Gasteiger partial charge in [0.05, 0.1) is 4.90 Å². The Hall–Kier alpha value is -1.96. The van der Waals surface area contributed by atoms with Gasteiger partial charge in [0.1, 0.15) is 5.82 Å². The molecule has 0 unspecified atom stereocenters. The van der Waals surface area contributed by atoms with E-state index in [4.69, 9.17) is 11.6 Å². The first-order valence-electron chi connectivity index (χ1n) is 7.35. The molecule has 2 rings (SSSR count). The van der Waals surface area contributed by atoms with Crippen LogP contribution in [0.15, 0.2) is 47.4 Å². The molecule has 0 N–H and O–H groups in total. The number of carbonyl (C=O) groups is 1. The van der Waals surface area contributed by atoms with Crippen LogP contribution in [0.3, 0.4) is 0 Å². The molecule has 0 bridgehead atoms. The Bertz CT molecular complexity index is 880. The van der Waals surface area contributed by atoms with Gasteiger partial charge >= 0.3 is 0 Å². The highest BCUT2D eigenvalue weighted by molar-refractivity contribution is 7.89. The van der Waals surface area contributed by atoms with E-state index in [1.165, 1.54) is 62.4 Å². The Balaban J connectivity index is 2.29. The number of rotatable bonds is 5. The van der Waals surface area contributed by atoms with Crippen molar-refractivity contribution in [1.29, 1.82) is 0 Å². The van der Waals surface area contributed by atoms with Crippen molar-refractivity contribution in [1.82, 2.24) is 9.21 Å². The van der Waals surface area contributed by atoms with Crippen molar-refractivity contribution in [2.24, 2.45) is 0 Å². The molecule has 0 aromatic heterocycles. The van der Waals surface area contributed by atoms with E-state index in [2.05, 4.69) is 0 Å². The lowest BCUT2D eigenvalue weighted by atomic mass is 10.1. The molecule has 134 valence electrons. The topological polar surface area (TPSA) is 57.7 Å². The first kappa shape index (κ1) is 19.4. The number of hydrogen-bond donors (Lipinski definition) is 0. The van der Waals surface area contributed by atoms with Gasteiger partial charge in [-0.1, -0.05) is 23.7 Å². The maximum atomic E-state index is 13.9. The van der Waals surface area contributed by atoms with Gasteiger partial charge in [0.15, 0.2) is 0 Å². The van der Waals surface area contributed by atoms with E-state index >= 15 is 0 Å². The van der Waals surface area contributed by atoms with E-state index in [0.29, 0.717) is 0 Å². The van der Waals surface area contributed by atoms with Crippen LogP contribution in [0.2, 0.25) is 5.02 Å². The highest BCUT2D eigenvalue weighted by Crippen LogP contribution is 2.22. The molecule has 0 aliphatic heterocycles. The van der Waals surface area contributed by atoms with Gasteiger partial charge in [-0.2, -0.15) is 0 Å². The van der Waals surface area contributed by atoms with Gasteiger partial charge in [-0.05, 0) is 30.3 Å². The molecule has 0 aliphatic carbocycles. The predicted octanol–water partition coefficient (Wildman–Crippen LogP) is 3.00. The monoisotopic (exact) mass is 384 g/mol. The summed E-state index contributed by atoms with van der Waals surface area (Å²) in [5.74, 6) is -0.939. The zero-order chi connectivity index (χ0) is 18.8. The maximum Gasteiger partial charge on any atom is 0.253 e. The molecule has 1 amide bonds. The van der Waals surface area contributed by atoms with E-state index < -0.39 is 21.7 Å². The zero-order valence-corrected chi connectivity index (χ0v) is 15.6. The van der Waals surface area contributed by atoms with Crippen molar-refractivity contribution >= 4 is 27.5 Å². The van der Waals surface area contributed by atoms with Crippen molar-refractivity contribution in [3.05, 3.63) is 64.4 Å². The molecule has 0 heterocycles. The molecule has 8 heteroatoms. The Morgan fingerprint density at radius 2 is 1.76 bits per heavy atom. The molecular formula is C17H18ClFN2O3S. The second-order valence-electron chi connectivity index (χ2n) is 5.68. The van der Waals surface area contributed by atoms with E-state index in [-0.39, 0.29) is 27.6 Å². The van der Waals surface area contributed by atoms with Crippen molar-refractivity contribution in [3.8, 4) is 0 Å². The van der Waals surface area contributed by atoms with Crippen LogP contribution in [0.25, 0.3) is 0 Å². The summed E-state index contributed by atoms with van der Waals surface area (Å²) in [5.41, 5.74) is 0.398. The van der Waals surface area contributed by atoms with Crippen molar-refractivity contribution in [3.63, 3.8) is 0 Å². The molecule has 0 radical (unpaired) electrons. The minimum atomic E-state index is -3.65. The van der Waals surface area contributed by atoms with Crippen LogP contribution in [-0.2, 0) is 16.6 Å². The zero-order valence-electron chi connectivity index (χ0n) is 14.0. The molecule has 0 atom stereocenters. The minimum Gasteiger partial charge on any atom is -0.337 e. The smallest absolute Gasteiger partial charge is 0.253 e. The fourth-order valence-corrected chi connectivity index (χ4v) is 3.38. The predicted molar refractivity (Wildman–Crippen MR) is 94.5 cm³/mol. The molecular weight excluding hydrogens is 367 g/mol. The number of amides is 1. The molecule has 0 aliphatic rings. The highest BCUT2D eigenvalue weighted by atomic mass is 35.5. The van der Waals surface area contributed by atoms with Gasteiger partial charge in [0.25, 0.3) is 5.91 Å². The number of sulfonamides is 1. The number of benzene rings is 2. The SMILES string of the molecule is CN(Cc1c(F)cccc1Cl)C(=O)c1cccc(S(=O)(=O)N(C)C)c1. The summed E-state index contributed by atoms with van der Waals surface area (Å²) in [5, 5.41) is 0.226. The molecule has 25 heavy (non-hydrogen) atoms. The number of halogens is 2. The molecule has 2 aromatic carbocycles. The highest BCUT2D eigenvalue weighted by Gasteiger charge is 2.21. The van der Waals surface area contributed by atoms with Gasteiger partial charge in [0, 0.05) is 43.8 Å². The van der Waals surface area contributed by atoms with Crippen LogP contribution >= 0.6 is 11.6 Å². The van der Waals surface area contributed by atoms with Gasteiger partial charge in [-0.3, -0.25) is 4.79 Å². The van der Waals surface area contributed by atoms with Gasteiger partial charge < -0.3 is 4.90 Å². The maximum absolute atomic E-state index is 13.9. The molecule has 0 spiro atoms.